The Kier molecular flexibility index (Phi) is 13.5. The predicted molar refractivity (Wildman–Crippen MR) is 149 cm³/mol. The molecule has 5 saturated heterocycles. The molecule has 0 spiro atoms. The summed E-state index contributed by atoms with van der Waals surface area (Å²) < 4.78 is 48.4. The van der Waals surface area contributed by atoms with Crippen LogP contribution in [0.5, 0.6) is 0 Å². The van der Waals surface area contributed by atoms with Gasteiger partial charge in [-0.05, 0) is 0 Å². The van der Waals surface area contributed by atoms with E-state index in [1.54, 1.807) is 0 Å². The number of rotatable bonds is 10. The molecule has 5 fully saturated rings. The Morgan fingerprint density at radius 3 is 1.59 bits per heavy atom. The second kappa shape index (κ2) is 16.9. The van der Waals surface area contributed by atoms with Crippen molar-refractivity contribution in [2.24, 2.45) is 0 Å². The average molecular weight is 753 g/mol. The first-order chi connectivity index (χ1) is 24.0. The molecule has 0 bridgehead atoms. The zero-order chi connectivity index (χ0) is 37.5. The normalized spacial score (nSPS) is 52.7. The fourth-order valence-corrected chi connectivity index (χ4v) is 6.10. The summed E-state index contributed by atoms with van der Waals surface area (Å²) in [6, 6.07) is 0. The maximum Gasteiger partial charge on any atom is 0.335 e. The largest absolute Gasteiger partial charge is 0.479 e. The molecule has 5 aliphatic heterocycles. The Morgan fingerprint density at radius 2 is 1.02 bits per heavy atom. The highest BCUT2D eigenvalue weighted by Gasteiger charge is 2.53. The minimum absolute atomic E-state index is 0.525. The van der Waals surface area contributed by atoms with Crippen LogP contribution in [0.2, 0.25) is 0 Å². The van der Waals surface area contributed by atoms with Gasteiger partial charge < -0.3 is 114 Å². The second-order valence-corrected chi connectivity index (χ2v) is 12.6. The number of aliphatic hydroxyl groups excluding tert-OH is 13. The number of ether oxygens (including phenoxy) is 9. The first-order valence-corrected chi connectivity index (χ1v) is 15.8. The van der Waals surface area contributed by atoms with E-state index in [0.29, 0.717) is 0 Å². The first-order valence-electron chi connectivity index (χ1n) is 15.8. The van der Waals surface area contributed by atoms with Crippen LogP contribution in [0.25, 0.3) is 0 Å². The van der Waals surface area contributed by atoms with E-state index in [1.807, 2.05) is 0 Å². The summed E-state index contributed by atoms with van der Waals surface area (Å²) in [6.07, 6.45) is -39.1. The van der Waals surface area contributed by atoms with E-state index in [1.165, 1.54) is 0 Å². The van der Waals surface area contributed by atoms with Crippen molar-refractivity contribution in [1.82, 2.24) is 0 Å². The number of aliphatic hydroxyl groups is 13. The van der Waals surface area contributed by atoms with Gasteiger partial charge in [-0.3, -0.25) is 0 Å². The lowest BCUT2D eigenvalue weighted by molar-refractivity contribution is -0.375. The minimum atomic E-state index is -2.06. The zero-order valence-corrected chi connectivity index (χ0v) is 26.4. The van der Waals surface area contributed by atoms with Crippen molar-refractivity contribution in [3.05, 3.63) is 0 Å². The van der Waals surface area contributed by atoms with E-state index < -0.39 is 168 Å². The van der Waals surface area contributed by atoms with Crippen LogP contribution in [0, 0.1) is 0 Å². The summed E-state index contributed by atoms with van der Waals surface area (Å²) in [5.74, 6) is -1.72. The van der Waals surface area contributed by atoms with Gasteiger partial charge in [0.15, 0.2) is 37.6 Å². The number of aliphatic carboxylic acids is 1. The molecule has 5 heterocycles. The third-order valence-electron chi connectivity index (χ3n) is 9.15. The molecular formula is C27H44O24. The molecule has 24 nitrogen and oxygen atoms in total. The molecule has 5 aliphatic rings. The standard InChI is InChI=1S/C27H44O24/c28-1-6-19(14(35)15(36)23(42)46-6)49-25-17(38)10(31)7(3-45-25)47-24-16(37)11(32)8(4-44-24)48-27-21(9(30)5(29)2-43-27)51-26-18(39)12(33)13(34)20(50-26)22(40)41/h5-21,23-39,42H,1-4H2,(H,40,41)/t5-,6-,7-,8-,9+,10+,11+,12+,13+,14-,15-,16-,17-,18-,19-,20+,21-,23-,24+,25+,26-,27+/m1/s1. The molecule has 0 amide bonds. The Labute approximate surface area is 287 Å². The van der Waals surface area contributed by atoms with E-state index in [4.69, 9.17) is 42.6 Å². The predicted octanol–water partition coefficient (Wildman–Crippen LogP) is -9.92. The van der Waals surface area contributed by atoms with Gasteiger partial charge in [0, 0.05) is 0 Å². The number of hydrogen-bond donors (Lipinski definition) is 14. The summed E-state index contributed by atoms with van der Waals surface area (Å²) in [4.78, 5) is 11.5. The fraction of sp³-hybridized carbons (Fsp3) is 0.963. The van der Waals surface area contributed by atoms with Gasteiger partial charge >= 0.3 is 5.97 Å². The SMILES string of the molecule is O=C(O)[C@H]1O[C@H](O[C@H]2[C@H](O[C@@H]3CO[C@@H](O[C@@H]4CO[C@@H](O[C@H]5[C@H](O)[C@@H](O)[C@H](O)O[C@@H]5CO)[C@H](O)[C@H]4O)[C@H](O)[C@H]3O)OC[C@@H](O)[C@@H]2O)[C@H](O)[C@@H](O)[C@@H]1O. The van der Waals surface area contributed by atoms with Crippen LogP contribution in [0.1, 0.15) is 0 Å². The van der Waals surface area contributed by atoms with Crippen LogP contribution in [0.4, 0.5) is 0 Å². The third-order valence-corrected chi connectivity index (χ3v) is 9.15. The number of hydrogen-bond acceptors (Lipinski definition) is 23. The van der Waals surface area contributed by atoms with Crippen molar-refractivity contribution in [1.29, 1.82) is 0 Å². The van der Waals surface area contributed by atoms with Gasteiger partial charge in [-0.2, -0.15) is 0 Å². The molecule has 296 valence electrons. The van der Waals surface area contributed by atoms with Gasteiger partial charge in [-0.25, -0.2) is 4.79 Å². The van der Waals surface area contributed by atoms with E-state index in [0.717, 1.165) is 0 Å². The number of carbonyl (C=O) groups is 1. The van der Waals surface area contributed by atoms with E-state index in [-0.39, 0.29) is 0 Å². The third kappa shape index (κ3) is 8.47. The van der Waals surface area contributed by atoms with Crippen molar-refractivity contribution in [3.63, 3.8) is 0 Å². The number of carboxylic acids is 1. The fourth-order valence-electron chi connectivity index (χ4n) is 6.10. The number of carboxylic acid groups (broad SMARTS) is 1. The molecule has 14 N–H and O–H groups in total. The lowest BCUT2D eigenvalue weighted by atomic mass is 9.98. The van der Waals surface area contributed by atoms with Gasteiger partial charge in [0.2, 0.25) is 0 Å². The van der Waals surface area contributed by atoms with Gasteiger partial charge in [0.05, 0.1) is 26.4 Å². The molecule has 5 rings (SSSR count). The van der Waals surface area contributed by atoms with E-state index in [2.05, 4.69) is 0 Å². The Hall–Kier alpha value is -1.41. The molecule has 0 aromatic carbocycles. The molecule has 0 aliphatic carbocycles. The molecule has 24 heteroatoms. The lowest BCUT2D eigenvalue weighted by Crippen LogP contribution is -2.65. The summed E-state index contributed by atoms with van der Waals surface area (Å²) in [7, 11) is 0. The van der Waals surface area contributed by atoms with Crippen LogP contribution in [0.15, 0.2) is 0 Å². The summed E-state index contributed by atoms with van der Waals surface area (Å²) in [6.45, 7) is -2.39. The van der Waals surface area contributed by atoms with Crippen LogP contribution < -0.4 is 0 Å². The maximum atomic E-state index is 11.5. The van der Waals surface area contributed by atoms with Crippen molar-refractivity contribution in [2.45, 2.75) is 135 Å². The Balaban J connectivity index is 1.17. The topological polar surface area (TPSA) is 383 Å². The Morgan fingerprint density at radius 1 is 0.510 bits per heavy atom. The summed E-state index contributed by atoms with van der Waals surface area (Å²) >= 11 is 0. The van der Waals surface area contributed by atoms with Gasteiger partial charge in [-0.15, -0.1) is 0 Å². The second-order valence-electron chi connectivity index (χ2n) is 12.6. The minimum Gasteiger partial charge on any atom is -0.479 e. The van der Waals surface area contributed by atoms with Crippen molar-refractivity contribution < 1.29 is 119 Å². The summed E-state index contributed by atoms with van der Waals surface area (Å²) in [5, 5.41) is 143. The van der Waals surface area contributed by atoms with Crippen LogP contribution in [-0.4, -0.2) is 239 Å². The molecular weight excluding hydrogens is 708 g/mol. The zero-order valence-electron chi connectivity index (χ0n) is 26.4. The molecule has 0 aromatic heterocycles. The van der Waals surface area contributed by atoms with Crippen molar-refractivity contribution in [2.75, 3.05) is 26.4 Å². The van der Waals surface area contributed by atoms with Crippen molar-refractivity contribution in [3.8, 4) is 0 Å². The van der Waals surface area contributed by atoms with Crippen molar-refractivity contribution >= 4 is 5.97 Å². The molecule has 0 unspecified atom stereocenters. The van der Waals surface area contributed by atoms with E-state index >= 15 is 0 Å². The highest BCUT2D eigenvalue weighted by molar-refractivity contribution is 5.73. The Bertz CT molecular complexity index is 1130. The lowest BCUT2D eigenvalue weighted by Gasteiger charge is -2.46. The van der Waals surface area contributed by atoms with Crippen LogP contribution in [0.3, 0.4) is 0 Å². The maximum absolute atomic E-state index is 11.5. The molecule has 22 atom stereocenters. The summed E-state index contributed by atoms with van der Waals surface area (Å²) in [5.41, 5.74) is 0. The van der Waals surface area contributed by atoms with Crippen LogP contribution >= 0.6 is 0 Å². The molecule has 0 aromatic rings. The van der Waals surface area contributed by atoms with Crippen LogP contribution in [-0.2, 0) is 47.4 Å². The first kappa shape index (κ1) is 40.8. The molecule has 0 saturated carbocycles. The van der Waals surface area contributed by atoms with E-state index in [9.17, 15) is 76.3 Å². The monoisotopic (exact) mass is 752 g/mol. The molecule has 0 radical (unpaired) electrons. The quantitative estimate of drug-likeness (QED) is 0.0985. The van der Waals surface area contributed by atoms with Gasteiger partial charge in [-0.1, -0.05) is 0 Å². The highest BCUT2D eigenvalue weighted by atomic mass is 16.8. The smallest absolute Gasteiger partial charge is 0.335 e. The average Bonchev–Trinajstić information content (AvgIpc) is 3.10. The highest BCUT2D eigenvalue weighted by Crippen LogP contribution is 2.32. The molecule has 51 heavy (non-hydrogen) atoms. The van der Waals surface area contributed by atoms with Gasteiger partial charge in [0.1, 0.15) is 97.7 Å². The van der Waals surface area contributed by atoms with Gasteiger partial charge in [0.25, 0.3) is 0 Å².